The van der Waals surface area contributed by atoms with Crippen LogP contribution in [0.15, 0.2) is 54.9 Å². The molecule has 1 amide bonds. The summed E-state index contributed by atoms with van der Waals surface area (Å²) in [6.07, 6.45) is 6.31. The molecule has 1 aliphatic carbocycles. The van der Waals surface area contributed by atoms with Crippen molar-refractivity contribution in [3.63, 3.8) is 0 Å². The molecule has 1 aliphatic heterocycles. The van der Waals surface area contributed by atoms with E-state index in [0.29, 0.717) is 18.5 Å². The van der Waals surface area contributed by atoms with Gasteiger partial charge in [-0.2, -0.15) is 0 Å². The number of aromatic amines is 1. The fourth-order valence-electron chi connectivity index (χ4n) is 5.31. The first-order valence-corrected chi connectivity index (χ1v) is 10.2. The van der Waals surface area contributed by atoms with Crippen molar-refractivity contribution in [3.8, 4) is 0 Å². The number of imidazole rings is 1. The monoisotopic (exact) mass is 375 g/mol. The molecule has 1 unspecified atom stereocenters. The number of nitrogens with zero attached hydrogens (tertiary/aromatic N) is 2. The third-order valence-corrected chi connectivity index (χ3v) is 6.69. The van der Waals surface area contributed by atoms with Crippen molar-refractivity contribution >= 4 is 16.9 Å². The van der Waals surface area contributed by atoms with E-state index in [1.54, 1.807) is 6.33 Å². The summed E-state index contributed by atoms with van der Waals surface area (Å²) in [6.45, 7) is 0.562. The lowest BCUT2D eigenvalue weighted by atomic mass is 9.66. The van der Waals surface area contributed by atoms with Crippen molar-refractivity contribution in [3.05, 3.63) is 66.0 Å². The van der Waals surface area contributed by atoms with Crippen LogP contribution in [0.3, 0.4) is 0 Å². The van der Waals surface area contributed by atoms with Gasteiger partial charge in [0.25, 0.3) is 5.91 Å². The van der Waals surface area contributed by atoms with Crippen LogP contribution >= 0.6 is 0 Å². The topological polar surface area (TPSA) is 69.2 Å². The highest BCUT2D eigenvalue weighted by molar-refractivity contribution is 6.05. The van der Waals surface area contributed by atoms with Gasteiger partial charge in [-0.3, -0.25) is 4.79 Å². The quantitative estimate of drug-likeness (QED) is 0.715. The Morgan fingerprint density at radius 2 is 1.93 bits per heavy atom. The van der Waals surface area contributed by atoms with Gasteiger partial charge in [-0.05, 0) is 37.0 Å². The van der Waals surface area contributed by atoms with E-state index in [1.165, 1.54) is 0 Å². The van der Waals surface area contributed by atoms with Crippen molar-refractivity contribution in [2.75, 3.05) is 6.54 Å². The van der Waals surface area contributed by atoms with Gasteiger partial charge in [0.1, 0.15) is 5.52 Å². The molecule has 2 fully saturated rings. The number of nitrogens with one attached hydrogen (secondary N) is 1. The molecule has 5 rings (SSSR count). The molecule has 3 aromatic rings. The van der Waals surface area contributed by atoms with Gasteiger partial charge in [0.2, 0.25) is 0 Å². The number of hydrogen-bond donors (Lipinski definition) is 2. The fraction of sp³-hybridized carbons (Fsp3) is 0.391. The molecule has 2 aromatic carbocycles. The molecule has 1 saturated carbocycles. The summed E-state index contributed by atoms with van der Waals surface area (Å²) in [5.74, 6) is 0.101. The summed E-state index contributed by atoms with van der Waals surface area (Å²) >= 11 is 0. The number of piperidine rings is 1. The molecule has 2 N–H and O–H groups in total. The van der Waals surface area contributed by atoms with Crippen molar-refractivity contribution in [2.45, 2.75) is 43.7 Å². The Balaban J connectivity index is 1.51. The summed E-state index contributed by atoms with van der Waals surface area (Å²) in [7, 11) is 0. The third-order valence-electron chi connectivity index (χ3n) is 6.69. The smallest absolute Gasteiger partial charge is 0.256 e. The Kier molecular flexibility index (Phi) is 4.20. The van der Waals surface area contributed by atoms with Crippen LogP contribution < -0.4 is 0 Å². The summed E-state index contributed by atoms with van der Waals surface area (Å²) in [5.41, 5.74) is 2.37. The van der Waals surface area contributed by atoms with Crippen molar-refractivity contribution in [2.24, 2.45) is 5.92 Å². The summed E-state index contributed by atoms with van der Waals surface area (Å²) < 4.78 is 0. The molecular formula is C23H25N3O2. The van der Waals surface area contributed by atoms with Crippen LogP contribution in [0.4, 0.5) is 0 Å². The molecule has 3 atom stereocenters. The Morgan fingerprint density at radius 1 is 1.11 bits per heavy atom. The minimum atomic E-state index is -0.860. The van der Waals surface area contributed by atoms with Crippen LogP contribution in [0.2, 0.25) is 0 Å². The number of hydrogen-bond acceptors (Lipinski definition) is 3. The average Bonchev–Trinajstić information content (AvgIpc) is 3.23. The fourth-order valence-corrected chi connectivity index (χ4v) is 5.31. The van der Waals surface area contributed by atoms with E-state index in [1.807, 2.05) is 53.4 Å². The highest BCUT2D eigenvalue weighted by Crippen LogP contribution is 2.47. The Morgan fingerprint density at radius 3 is 2.79 bits per heavy atom. The van der Waals surface area contributed by atoms with E-state index < -0.39 is 5.60 Å². The molecule has 2 aliphatic rings. The van der Waals surface area contributed by atoms with Crippen molar-refractivity contribution in [1.82, 2.24) is 14.9 Å². The van der Waals surface area contributed by atoms with E-state index in [4.69, 9.17) is 0 Å². The van der Waals surface area contributed by atoms with Gasteiger partial charge >= 0.3 is 0 Å². The van der Waals surface area contributed by atoms with Crippen molar-refractivity contribution < 1.29 is 9.90 Å². The van der Waals surface area contributed by atoms with E-state index in [2.05, 4.69) is 9.97 Å². The van der Waals surface area contributed by atoms with Gasteiger partial charge in [0.05, 0.1) is 23.0 Å². The number of aliphatic hydroxyl groups is 1. The molecule has 1 saturated heterocycles. The molecule has 144 valence electrons. The van der Waals surface area contributed by atoms with Crippen LogP contribution in [-0.4, -0.2) is 38.5 Å². The maximum atomic E-state index is 13.5. The van der Waals surface area contributed by atoms with Crippen LogP contribution in [0, 0.1) is 5.92 Å². The first-order valence-electron chi connectivity index (χ1n) is 10.2. The van der Waals surface area contributed by atoms with Gasteiger partial charge < -0.3 is 15.0 Å². The minimum absolute atomic E-state index is 0.0321. The number of H-pyrrole nitrogens is 1. The van der Waals surface area contributed by atoms with Crippen molar-refractivity contribution in [1.29, 1.82) is 0 Å². The maximum absolute atomic E-state index is 13.5. The number of likely N-dealkylation sites (tertiary alicyclic amines) is 1. The molecule has 0 bridgehead atoms. The normalized spacial score (nSPS) is 27.5. The van der Waals surface area contributed by atoms with Crippen LogP contribution in [-0.2, 0) is 5.60 Å². The lowest BCUT2D eigenvalue weighted by Crippen LogP contribution is -2.59. The maximum Gasteiger partial charge on any atom is 0.256 e. The lowest BCUT2D eigenvalue weighted by molar-refractivity contribution is -0.110. The zero-order chi connectivity index (χ0) is 19.1. The highest BCUT2D eigenvalue weighted by Gasteiger charge is 2.50. The van der Waals surface area contributed by atoms with Crippen LogP contribution in [0.5, 0.6) is 0 Å². The summed E-state index contributed by atoms with van der Waals surface area (Å²) in [5, 5.41) is 11.7. The van der Waals surface area contributed by atoms with E-state index in [9.17, 15) is 9.90 Å². The number of fused-ring (bicyclic) bond motifs is 2. The summed E-state index contributed by atoms with van der Waals surface area (Å²) in [6, 6.07) is 15.8. The van der Waals surface area contributed by atoms with Gasteiger partial charge in [0, 0.05) is 18.5 Å². The van der Waals surface area contributed by atoms with Gasteiger partial charge in [0.15, 0.2) is 0 Å². The number of carbonyl (C=O) groups is 1. The predicted molar refractivity (Wildman–Crippen MR) is 108 cm³/mol. The van der Waals surface area contributed by atoms with E-state index in [0.717, 1.165) is 42.3 Å². The average molecular weight is 375 g/mol. The molecule has 1 aromatic heterocycles. The second-order valence-electron chi connectivity index (χ2n) is 8.10. The zero-order valence-corrected chi connectivity index (χ0v) is 15.8. The predicted octanol–water partition coefficient (Wildman–Crippen LogP) is 3.86. The Labute approximate surface area is 164 Å². The Bertz CT molecular complexity index is 999. The first kappa shape index (κ1) is 17.4. The largest absolute Gasteiger partial charge is 0.385 e. The first-order chi connectivity index (χ1) is 13.7. The highest BCUT2D eigenvalue weighted by atomic mass is 16.3. The second-order valence-corrected chi connectivity index (χ2v) is 8.10. The molecule has 2 heterocycles. The molecule has 5 nitrogen and oxygen atoms in total. The van der Waals surface area contributed by atoms with Crippen LogP contribution in [0.1, 0.15) is 48.0 Å². The molecule has 28 heavy (non-hydrogen) atoms. The Hall–Kier alpha value is -2.66. The lowest BCUT2D eigenvalue weighted by Gasteiger charge is -2.52. The minimum Gasteiger partial charge on any atom is -0.385 e. The second kappa shape index (κ2) is 6.74. The van der Waals surface area contributed by atoms with Gasteiger partial charge in [-0.1, -0.05) is 49.2 Å². The SMILES string of the molecule is O=C(c1cccc2[nH]cnc12)N1CC[C@@](O)(c2ccccc2)[C@@H]2CCCCC21. The number of para-hydroxylation sites is 1. The number of rotatable bonds is 2. The van der Waals surface area contributed by atoms with Crippen LogP contribution in [0.25, 0.3) is 11.0 Å². The standard InChI is InChI=1S/C23H25N3O2/c27-22(17-9-6-11-19-21(17)25-15-24-19)26-14-13-23(28,16-7-2-1-3-8-16)18-10-4-5-12-20(18)26/h1-3,6-9,11,15,18,20,28H,4-5,10,12-14H2,(H,24,25)/t18-,20?,23-/m1/s1. The third kappa shape index (κ3) is 2.65. The van der Waals surface area contributed by atoms with Gasteiger partial charge in [-0.25, -0.2) is 4.98 Å². The number of aromatic nitrogens is 2. The summed E-state index contributed by atoms with van der Waals surface area (Å²) in [4.78, 5) is 23.0. The number of amides is 1. The molecule has 5 heteroatoms. The molecule has 0 radical (unpaired) electrons. The molecule has 0 spiro atoms. The van der Waals surface area contributed by atoms with E-state index >= 15 is 0 Å². The molecular weight excluding hydrogens is 350 g/mol. The number of benzene rings is 2. The van der Waals surface area contributed by atoms with E-state index in [-0.39, 0.29) is 17.9 Å². The number of carbonyl (C=O) groups excluding carboxylic acids is 1. The zero-order valence-electron chi connectivity index (χ0n) is 15.8. The van der Waals surface area contributed by atoms with Gasteiger partial charge in [-0.15, -0.1) is 0 Å².